The van der Waals surface area contributed by atoms with Crippen molar-refractivity contribution >= 4 is 28.9 Å². The lowest BCUT2D eigenvalue weighted by Crippen LogP contribution is -2.30. The van der Waals surface area contributed by atoms with E-state index in [0.29, 0.717) is 5.84 Å². The van der Waals surface area contributed by atoms with E-state index < -0.39 is 0 Å². The van der Waals surface area contributed by atoms with Crippen LogP contribution in [0.5, 0.6) is 0 Å². The van der Waals surface area contributed by atoms with E-state index in [1.54, 1.807) is 11.3 Å². The van der Waals surface area contributed by atoms with Gasteiger partial charge >= 0.3 is 0 Å². The number of hydrogen-bond acceptors (Lipinski definition) is 4. The smallest absolute Gasteiger partial charge is 0.149 e. The summed E-state index contributed by atoms with van der Waals surface area (Å²) < 4.78 is 1.14. The Kier molecular flexibility index (Phi) is 5.28. The van der Waals surface area contributed by atoms with Crippen molar-refractivity contribution in [3.63, 3.8) is 0 Å². The van der Waals surface area contributed by atoms with E-state index in [-0.39, 0.29) is 5.41 Å². The first-order valence-electron chi connectivity index (χ1n) is 5.39. The van der Waals surface area contributed by atoms with Crippen LogP contribution in [0, 0.1) is 10.8 Å². The molecule has 1 aromatic heterocycles. The van der Waals surface area contributed by atoms with Gasteiger partial charge in [0.25, 0.3) is 0 Å². The SMILES string of the molecule is CC(C)(CCCCSc1nccs1)C(=N)N. The van der Waals surface area contributed by atoms with Crippen LogP contribution in [-0.4, -0.2) is 16.6 Å². The molecule has 0 unspecified atom stereocenters. The van der Waals surface area contributed by atoms with Crippen LogP contribution in [0.1, 0.15) is 33.1 Å². The molecular formula is C11H19N3S2. The third-order valence-electron chi connectivity index (χ3n) is 2.56. The number of aromatic nitrogens is 1. The van der Waals surface area contributed by atoms with Gasteiger partial charge in [0.15, 0.2) is 0 Å². The number of nitrogens with two attached hydrogens (primary N) is 1. The molecule has 0 aliphatic heterocycles. The number of thiazole rings is 1. The second kappa shape index (κ2) is 6.25. The molecule has 1 aromatic rings. The van der Waals surface area contributed by atoms with Crippen LogP contribution in [0.4, 0.5) is 0 Å². The van der Waals surface area contributed by atoms with Gasteiger partial charge in [0.2, 0.25) is 0 Å². The highest BCUT2D eigenvalue weighted by Crippen LogP contribution is 2.25. The second-order valence-corrected chi connectivity index (χ2v) is 6.64. The second-order valence-electron chi connectivity index (χ2n) is 4.40. The number of rotatable bonds is 7. The third kappa shape index (κ3) is 4.53. The molecule has 0 aliphatic carbocycles. The van der Waals surface area contributed by atoms with Gasteiger partial charge in [0.05, 0.1) is 5.84 Å². The number of amidine groups is 1. The minimum atomic E-state index is -0.147. The molecule has 0 saturated heterocycles. The maximum Gasteiger partial charge on any atom is 0.149 e. The lowest BCUT2D eigenvalue weighted by atomic mass is 9.86. The van der Waals surface area contributed by atoms with Gasteiger partial charge in [-0.05, 0) is 12.8 Å². The molecule has 0 aliphatic rings. The molecular weight excluding hydrogens is 238 g/mol. The monoisotopic (exact) mass is 257 g/mol. The Morgan fingerprint density at radius 3 is 2.88 bits per heavy atom. The molecule has 0 amide bonds. The van der Waals surface area contributed by atoms with Crippen LogP contribution in [0.3, 0.4) is 0 Å². The average Bonchev–Trinajstić information content (AvgIpc) is 2.69. The van der Waals surface area contributed by atoms with Crippen molar-refractivity contribution in [2.75, 3.05) is 5.75 Å². The first-order valence-corrected chi connectivity index (χ1v) is 7.26. The molecule has 0 atom stereocenters. The topological polar surface area (TPSA) is 62.8 Å². The molecule has 90 valence electrons. The Balaban J connectivity index is 2.10. The standard InChI is InChI=1S/C11H19N3S2/c1-11(2,9(12)13)5-3-4-7-15-10-14-6-8-16-10/h6,8H,3-5,7H2,1-2H3,(H3,12,13). The number of hydrogen-bond donors (Lipinski definition) is 2. The van der Waals surface area contributed by atoms with Gasteiger partial charge in [0, 0.05) is 22.7 Å². The molecule has 1 rings (SSSR count). The van der Waals surface area contributed by atoms with Crippen LogP contribution in [0.15, 0.2) is 15.9 Å². The van der Waals surface area contributed by atoms with Gasteiger partial charge in [0.1, 0.15) is 4.34 Å². The fourth-order valence-corrected chi connectivity index (χ4v) is 2.95. The molecule has 0 spiro atoms. The average molecular weight is 257 g/mol. The van der Waals surface area contributed by atoms with Gasteiger partial charge in [-0.2, -0.15) is 0 Å². The van der Waals surface area contributed by atoms with Crippen LogP contribution in [-0.2, 0) is 0 Å². The quantitative estimate of drug-likeness (QED) is 0.341. The fraction of sp³-hybridized carbons (Fsp3) is 0.636. The summed E-state index contributed by atoms with van der Waals surface area (Å²) in [6, 6.07) is 0. The van der Waals surface area contributed by atoms with Crippen molar-refractivity contribution in [1.29, 1.82) is 5.41 Å². The highest BCUT2D eigenvalue weighted by atomic mass is 32.2. The number of thioether (sulfide) groups is 1. The summed E-state index contributed by atoms with van der Waals surface area (Å²) >= 11 is 3.50. The summed E-state index contributed by atoms with van der Waals surface area (Å²) in [7, 11) is 0. The zero-order valence-corrected chi connectivity index (χ0v) is 11.5. The zero-order chi connectivity index (χ0) is 12.0. The molecule has 0 bridgehead atoms. The van der Waals surface area contributed by atoms with Gasteiger partial charge < -0.3 is 5.73 Å². The molecule has 3 N–H and O–H groups in total. The van der Waals surface area contributed by atoms with Gasteiger partial charge in [-0.25, -0.2) is 4.98 Å². The van der Waals surface area contributed by atoms with Gasteiger partial charge in [-0.1, -0.05) is 32.0 Å². The van der Waals surface area contributed by atoms with E-state index in [9.17, 15) is 0 Å². The van der Waals surface area contributed by atoms with Crippen molar-refractivity contribution in [2.24, 2.45) is 11.1 Å². The van der Waals surface area contributed by atoms with Crippen molar-refractivity contribution in [2.45, 2.75) is 37.4 Å². The predicted octanol–water partition coefficient (Wildman–Crippen LogP) is 3.37. The summed E-state index contributed by atoms with van der Waals surface area (Å²) in [6.45, 7) is 4.06. The minimum Gasteiger partial charge on any atom is -0.387 e. The zero-order valence-electron chi connectivity index (χ0n) is 9.82. The van der Waals surface area contributed by atoms with E-state index >= 15 is 0 Å². The van der Waals surface area contributed by atoms with Crippen LogP contribution in [0.25, 0.3) is 0 Å². The Morgan fingerprint density at radius 1 is 1.56 bits per heavy atom. The van der Waals surface area contributed by atoms with Gasteiger partial charge in [-0.3, -0.25) is 5.41 Å². The molecule has 0 radical (unpaired) electrons. The van der Waals surface area contributed by atoms with E-state index in [4.69, 9.17) is 11.1 Å². The van der Waals surface area contributed by atoms with Crippen LogP contribution < -0.4 is 5.73 Å². The summed E-state index contributed by atoms with van der Waals surface area (Å²) in [5.74, 6) is 1.39. The molecule has 1 heterocycles. The molecule has 0 fully saturated rings. The Morgan fingerprint density at radius 2 is 2.31 bits per heavy atom. The largest absolute Gasteiger partial charge is 0.387 e. The van der Waals surface area contributed by atoms with E-state index in [0.717, 1.165) is 29.4 Å². The first-order chi connectivity index (χ1) is 7.52. The lowest BCUT2D eigenvalue weighted by Gasteiger charge is -2.22. The number of nitrogens with zero attached hydrogens (tertiary/aromatic N) is 1. The summed E-state index contributed by atoms with van der Waals surface area (Å²) in [4.78, 5) is 4.22. The highest BCUT2D eigenvalue weighted by molar-refractivity contribution is 8.00. The summed E-state index contributed by atoms with van der Waals surface area (Å²) in [5.41, 5.74) is 5.38. The molecule has 0 saturated carbocycles. The van der Waals surface area contributed by atoms with Gasteiger partial charge in [-0.15, -0.1) is 11.3 Å². The first kappa shape index (κ1) is 13.5. The van der Waals surface area contributed by atoms with Crippen LogP contribution in [0.2, 0.25) is 0 Å². The van der Waals surface area contributed by atoms with E-state index in [1.807, 2.05) is 37.2 Å². The fourth-order valence-electron chi connectivity index (χ4n) is 1.24. The Bertz CT molecular complexity index is 320. The lowest BCUT2D eigenvalue weighted by molar-refractivity contribution is 0.448. The van der Waals surface area contributed by atoms with E-state index in [2.05, 4.69) is 4.98 Å². The minimum absolute atomic E-state index is 0.147. The maximum atomic E-state index is 7.46. The Labute approximate surface area is 105 Å². The van der Waals surface area contributed by atoms with Crippen molar-refractivity contribution in [3.05, 3.63) is 11.6 Å². The Hall–Kier alpha value is -0.550. The molecule has 16 heavy (non-hydrogen) atoms. The number of unbranched alkanes of at least 4 members (excludes halogenated alkanes) is 1. The van der Waals surface area contributed by atoms with Crippen molar-refractivity contribution in [1.82, 2.24) is 4.98 Å². The normalized spacial score (nSPS) is 11.6. The summed E-state index contributed by atoms with van der Waals surface area (Å²) in [6.07, 6.45) is 5.10. The molecule has 0 aromatic carbocycles. The maximum absolute atomic E-state index is 7.46. The highest BCUT2D eigenvalue weighted by Gasteiger charge is 2.20. The van der Waals surface area contributed by atoms with Crippen LogP contribution >= 0.6 is 23.1 Å². The van der Waals surface area contributed by atoms with E-state index in [1.165, 1.54) is 0 Å². The predicted molar refractivity (Wildman–Crippen MR) is 72.4 cm³/mol. The molecule has 5 heteroatoms. The molecule has 3 nitrogen and oxygen atoms in total. The summed E-state index contributed by atoms with van der Waals surface area (Å²) in [5, 5.41) is 9.46. The third-order valence-corrected chi connectivity index (χ3v) is 4.61. The number of nitrogens with one attached hydrogen (secondary N) is 1. The van der Waals surface area contributed by atoms with Crippen molar-refractivity contribution in [3.8, 4) is 0 Å². The van der Waals surface area contributed by atoms with Crippen molar-refractivity contribution < 1.29 is 0 Å².